The van der Waals surface area contributed by atoms with Crippen molar-refractivity contribution in [2.24, 2.45) is 22.7 Å². The Hall–Kier alpha value is -0.593. The van der Waals surface area contributed by atoms with E-state index in [1.807, 2.05) is 0 Å². The summed E-state index contributed by atoms with van der Waals surface area (Å²) in [7, 11) is -1.58. The fraction of sp³-hybridized carbons (Fsp3) is 0.864. The topological polar surface area (TPSA) is 26.3 Å². The Kier molecular flexibility index (Phi) is 4.78. The first kappa shape index (κ1) is 19.2. The van der Waals surface area contributed by atoms with Gasteiger partial charge in [0.2, 0.25) is 0 Å². The van der Waals surface area contributed by atoms with Gasteiger partial charge in [-0.15, -0.1) is 0 Å². The van der Waals surface area contributed by atoms with Crippen LogP contribution in [0.4, 0.5) is 0 Å². The molecule has 0 aromatic carbocycles. The highest BCUT2D eigenvalue weighted by Gasteiger charge is 2.61. The molecule has 3 unspecified atom stereocenters. The molecule has 0 aromatic heterocycles. The summed E-state index contributed by atoms with van der Waals surface area (Å²) in [5.41, 5.74) is 0.296. The van der Waals surface area contributed by atoms with Crippen molar-refractivity contribution < 1.29 is 9.22 Å². The van der Waals surface area contributed by atoms with Crippen LogP contribution in [-0.2, 0) is 9.22 Å². The number of carbonyl (C=O) groups is 1. The lowest BCUT2D eigenvalue weighted by Crippen LogP contribution is -2.40. The lowest BCUT2D eigenvalue weighted by molar-refractivity contribution is -0.130. The van der Waals surface area contributed by atoms with Crippen molar-refractivity contribution in [3.63, 3.8) is 0 Å². The Labute approximate surface area is 155 Å². The van der Waals surface area contributed by atoms with E-state index in [2.05, 4.69) is 52.3 Å². The van der Waals surface area contributed by atoms with Gasteiger partial charge in [-0.05, 0) is 88.8 Å². The van der Waals surface area contributed by atoms with Crippen molar-refractivity contribution in [2.45, 2.75) is 97.4 Å². The lowest BCUT2D eigenvalue weighted by atomic mass is 9.60. The smallest absolute Gasteiger partial charge is 0.185 e. The molecule has 0 N–H and O–H groups in total. The average Bonchev–Trinajstić information content (AvgIpc) is 3.11. The molecule has 25 heavy (non-hydrogen) atoms. The number of hydrogen-bond acceptors (Lipinski definition) is 2. The van der Waals surface area contributed by atoms with E-state index in [0.717, 1.165) is 25.7 Å². The van der Waals surface area contributed by atoms with Crippen molar-refractivity contribution in [1.29, 1.82) is 0 Å². The third-order valence-corrected chi connectivity index (χ3v) is 8.01. The van der Waals surface area contributed by atoms with Gasteiger partial charge in [-0.3, -0.25) is 4.79 Å². The summed E-state index contributed by atoms with van der Waals surface area (Å²) in [6, 6.07) is 0. The first-order valence-electron chi connectivity index (χ1n) is 10.2. The zero-order valence-corrected chi connectivity index (χ0v) is 18.1. The molecule has 0 saturated heterocycles. The number of Topliss-reactive ketones (excluding diaryl/α,β-unsaturated/α-hetero) is 1. The molecule has 3 rings (SSSR count). The fourth-order valence-electron chi connectivity index (χ4n) is 5.97. The highest BCUT2D eigenvalue weighted by molar-refractivity contribution is 6.69. The third-order valence-electron chi connectivity index (χ3n) is 6.89. The molecule has 0 bridgehead atoms. The van der Waals surface area contributed by atoms with Gasteiger partial charge in [0.15, 0.2) is 8.32 Å². The van der Waals surface area contributed by atoms with Gasteiger partial charge >= 0.3 is 0 Å². The quantitative estimate of drug-likeness (QED) is 0.483. The van der Waals surface area contributed by atoms with Crippen LogP contribution in [0.15, 0.2) is 0 Å². The van der Waals surface area contributed by atoms with Crippen molar-refractivity contribution in [2.75, 3.05) is 0 Å². The maximum atomic E-state index is 12.4. The van der Waals surface area contributed by atoms with Crippen molar-refractivity contribution in [1.82, 2.24) is 0 Å². The van der Waals surface area contributed by atoms with Gasteiger partial charge in [0.05, 0.1) is 0 Å². The summed E-state index contributed by atoms with van der Waals surface area (Å²) in [6.45, 7) is 13.3. The number of rotatable bonds is 4. The van der Waals surface area contributed by atoms with Crippen molar-refractivity contribution in [3.05, 3.63) is 0 Å². The molecule has 3 aliphatic carbocycles. The van der Waals surface area contributed by atoms with Gasteiger partial charge in [-0.2, -0.15) is 0 Å². The number of carbonyl (C=O) groups excluding carboxylic acids is 1. The van der Waals surface area contributed by atoms with Crippen molar-refractivity contribution >= 4 is 14.1 Å². The summed E-state index contributed by atoms with van der Waals surface area (Å²) >= 11 is 0. The summed E-state index contributed by atoms with van der Waals surface area (Å²) < 4.78 is 6.23. The lowest BCUT2D eigenvalue weighted by Gasteiger charge is -2.43. The normalized spacial score (nSPS) is 34.2. The third kappa shape index (κ3) is 3.91. The first-order valence-corrected chi connectivity index (χ1v) is 13.6. The predicted octanol–water partition coefficient (Wildman–Crippen LogP) is 5.58. The van der Waals surface area contributed by atoms with Gasteiger partial charge in [0.25, 0.3) is 0 Å². The molecule has 0 radical (unpaired) electrons. The zero-order valence-electron chi connectivity index (χ0n) is 17.1. The molecule has 0 heterocycles. The van der Waals surface area contributed by atoms with Crippen LogP contribution in [0.25, 0.3) is 0 Å². The molecule has 0 amide bonds. The van der Waals surface area contributed by atoms with Crippen molar-refractivity contribution in [3.8, 4) is 11.8 Å². The minimum Gasteiger partial charge on any atom is -0.402 e. The SMILES string of the molecule is CC(C)(C#CCC1(C2CCC3C(=O)CCCC32C)CC1)O[Si](C)(C)C. The van der Waals surface area contributed by atoms with E-state index < -0.39 is 8.32 Å². The van der Waals surface area contributed by atoms with Gasteiger partial charge < -0.3 is 4.43 Å². The summed E-state index contributed by atoms with van der Waals surface area (Å²) in [6.07, 6.45) is 9.13. The molecule has 3 saturated carbocycles. The summed E-state index contributed by atoms with van der Waals surface area (Å²) in [4.78, 5) is 12.4. The summed E-state index contributed by atoms with van der Waals surface area (Å²) in [5, 5.41) is 0. The average molecular weight is 361 g/mol. The van der Waals surface area contributed by atoms with Crippen LogP contribution in [0, 0.1) is 34.5 Å². The second-order valence-electron chi connectivity index (χ2n) is 10.6. The largest absolute Gasteiger partial charge is 0.402 e. The second kappa shape index (κ2) is 6.24. The predicted molar refractivity (Wildman–Crippen MR) is 106 cm³/mol. The second-order valence-corrected chi connectivity index (χ2v) is 15.0. The Balaban J connectivity index is 1.70. The maximum absolute atomic E-state index is 12.4. The van der Waals surface area contributed by atoms with Gasteiger partial charge in [-0.1, -0.05) is 18.8 Å². The van der Waals surface area contributed by atoms with Crippen LogP contribution in [0.3, 0.4) is 0 Å². The molecule has 0 aromatic rings. The number of ketones is 1. The van der Waals surface area contributed by atoms with Crippen LogP contribution >= 0.6 is 0 Å². The Bertz CT molecular complexity index is 600. The van der Waals surface area contributed by atoms with Crippen LogP contribution in [-0.4, -0.2) is 19.7 Å². The van der Waals surface area contributed by atoms with Gasteiger partial charge in [0, 0.05) is 18.8 Å². The maximum Gasteiger partial charge on any atom is 0.185 e. The molecule has 3 atom stereocenters. The van der Waals surface area contributed by atoms with Gasteiger partial charge in [-0.25, -0.2) is 0 Å². The molecule has 3 heteroatoms. The molecule has 3 fully saturated rings. The van der Waals surface area contributed by atoms with E-state index >= 15 is 0 Å². The Morgan fingerprint density at radius 3 is 2.48 bits per heavy atom. The highest BCUT2D eigenvalue weighted by Crippen LogP contribution is 2.68. The standard InChI is InChI=1S/C22H36O2Si/c1-20(2,24-25(4,5)6)12-8-14-22(15-16-22)19-11-10-17-18(23)9-7-13-21(17,19)3/h17,19H,7,9-11,13-16H2,1-6H3. The van der Waals surface area contributed by atoms with E-state index in [1.165, 1.54) is 25.7 Å². The molecule has 2 nitrogen and oxygen atoms in total. The Morgan fingerprint density at radius 2 is 1.88 bits per heavy atom. The minimum absolute atomic E-state index is 0.248. The van der Waals surface area contributed by atoms with E-state index in [-0.39, 0.29) is 11.0 Å². The minimum atomic E-state index is -1.58. The highest BCUT2D eigenvalue weighted by atomic mass is 28.4. The van der Waals surface area contributed by atoms with Crippen LogP contribution < -0.4 is 0 Å². The molecular formula is C22H36O2Si. The fourth-order valence-corrected chi connectivity index (χ4v) is 7.55. The molecule has 3 aliphatic rings. The molecule has 140 valence electrons. The first-order chi connectivity index (χ1) is 11.5. The van der Waals surface area contributed by atoms with Crippen LogP contribution in [0.1, 0.15) is 72.1 Å². The number of hydrogen-bond donors (Lipinski definition) is 0. The van der Waals surface area contributed by atoms with E-state index in [1.54, 1.807) is 0 Å². The molecule has 0 aliphatic heterocycles. The van der Waals surface area contributed by atoms with E-state index in [0.29, 0.717) is 23.0 Å². The Morgan fingerprint density at radius 1 is 1.20 bits per heavy atom. The monoisotopic (exact) mass is 360 g/mol. The zero-order chi connectivity index (χ0) is 18.5. The molecular weight excluding hydrogens is 324 g/mol. The molecule has 0 spiro atoms. The number of fused-ring (bicyclic) bond motifs is 1. The van der Waals surface area contributed by atoms with E-state index in [4.69, 9.17) is 4.43 Å². The van der Waals surface area contributed by atoms with Crippen LogP contribution in [0.5, 0.6) is 0 Å². The van der Waals surface area contributed by atoms with Crippen LogP contribution in [0.2, 0.25) is 19.6 Å². The summed E-state index contributed by atoms with van der Waals surface area (Å²) in [5.74, 6) is 8.52. The van der Waals surface area contributed by atoms with Gasteiger partial charge in [0.1, 0.15) is 11.4 Å². The van der Waals surface area contributed by atoms with E-state index in [9.17, 15) is 4.79 Å².